The maximum Gasteiger partial charge on any atom is 0.407 e. The van der Waals surface area contributed by atoms with Crippen molar-refractivity contribution in [1.82, 2.24) is 10.6 Å². The minimum atomic E-state index is -0.556. The first-order chi connectivity index (χ1) is 7.56. The zero-order chi connectivity index (χ0) is 12.4. The molecule has 0 aromatic heterocycles. The van der Waals surface area contributed by atoms with Crippen LogP contribution in [0, 0.1) is 0 Å². The molecule has 0 aliphatic carbocycles. The molecule has 0 aliphatic rings. The number of carbonyl (C=O) groups excluding carboxylic acids is 2. The van der Waals surface area contributed by atoms with Crippen LogP contribution in [0.4, 0.5) is 9.59 Å². The lowest BCUT2D eigenvalue weighted by Gasteiger charge is -2.09. The van der Waals surface area contributed by atoms with E-state index in [0.717, 1.165) is 0 Å². The Morgan fingerprint density at radius 1 is 1.19 bits per heavy atom. The van der Waals surface area contributed by atoms with Crippen molar-refractivity contribution >= 4 is 23.8 Å². The summed E-state index contributed by atoms with van der Waals surface area (Å²) in [5, 5.41) is 4.85. The Bertz CT molecular complexity index is 224. The molecule has 0 aromatic carbocycles. The normalized spacial score (nSPS) is 9.75. The molecule has 0 radical (unpaired) electrons. The van der Waals surface area contributed by atoms with Crippen molar-refractivity contribution in [2.24, 2.45) is 0 Å². The highest BCUT2D eigenvalue weighted by Gasteiger charge is 2.04. The van der Waals surface area contributed by atoms with Crippen LogP contribution in [-0.4, -0.2) is 43.9 Å². The Kier molecular flexibility index (Phi) is 8.42. The van der Waals surface area contributed by atoms with Crippen LogP contribution >= 0.6 is 11.6 Å². The molecule has 94 valence electrons. The summed E-state index contributed by atoms with van der Waals surface area (Å²) in [5.41, 5.74) is 0. The summed E-state index contributed by atoms with van der Waals surface area (Å²) < 4.78 is 9.52. The van der Waals surface area contributed by atoms with Gasteiger partial charge in [0.15, 0.2) is 0 Å². The number of hydrogen-bond donors (Lipinski definition) is 2. The minimum Gasteiger partial charge on any atom is -0.448 e. The van der Waals surface area contributed by atoms with Gasteiger partial charge in [0.2, 0.25) is 0 Å². The van der Waals surface area contributed by atoms with Crippen molar-refractivity contribution in [2.45, 2.75) is 20.0 Å². The van der Waals surface area contributed by atoms with Crippen molar-refractivity contribution < 1.29 is 19.1 Å². The molecule has 0 saturated carbocycles. The Morgan fingerprint density at radius 2 is 1.81 bits per heavy atom. The highest BCUT2D eigenvalue weighted by Crippen LogP contribution is 1.87. The van der Waals surface area contributed by atoms with Gasteiger partial charge >= 0.3 is 12.2 Å². The Balaban J connectivity index is 3.38. The standard InChI is InChI=1S/C9H17ClN2O4/c1-7(2)16-9(14)12-5-6-15-8(13)11-4-3-10/h7H,3-6H2,1-2H3,(H,11,13)(H,12,14). The smallest absolute Gasteiger partial charge is 0.407 e. The fraction of sp³-hybridized carbons (Fsp3) is 0.778. The Labute approximate surface area is 99.6 Å². The van der Waals surface area contributed by atoms with E-state index < -0.39 is 12.2 Å². The highest BCUT2D eigenvalue weighted by atomic mass is 35.5. The molecule has 0 aromatic rings. The quantitative estimate of drug-likeness (QED) is 0.548. The summed E-state index contributed by atoms with van der Waals surface area (Å²) >= 11 is 5.35. The zero-order valence-electron chi connectivity index (χ0n) is 9.42. The fourth-order valence-corrected chi connectivity index (χ4v) is 0.847. The first-order valence-electron chi connectivity index (χ1n) is 4.97. The van der Waals surface area contributed by atoms with Crippen LogP contribution < -0.4 is 10.6 Å². The first kappa shape index (κ1) is 14.8. The van der Waals surface area contributed by atoms with Gasteiger partial charge in [-0.15, -0.1) is 11.6 Å². The number of alkyl halides is 1. The van der Waals surface area contributed by atoms with E-state index in [1.807, 2.05) is 0 Å². The summed E-state index contributed by atoms with van der Waals surface area (Å²) in [6, 6.07) is 0. The molecule has 2 N–H and O–H groups in total. The molecule has 0 spiro atoms. The number of rotatable bonds is 6. The van der Waals surface area contributed by atoms with Crippen molar-refractivity contribution in [2.75, 3.05) is 25.6 Å². The summed E-state index contributed by atoms with van der Waals surface area (Å²) in [5.74, 6) is 0.327. The van der Waals surface area contributed by atoms with Crippen LogP contribution in [-0.2, 0) is 9.47 Å². The molecule has 0 unspecified atom stereocenters. The lowest BCUT2D eigenvalue weighted by Crippen LogP contribution is -2.32. The molecule has 0 rings (SSSR count). The van der Waals surface area contributed by atoms with E-state index in [1.165, 1.54) is 0 Å². The van der Waals surface area contributed by atoms with E-state index in [2.05, 4.69) is 10.6 Å². The topological polar surface area (TPSA) is 76.7 Å². The van der Waals surface area contributed by atoms with Crippen LogP contribution in [0.3, 0.4) is 0 Å². The third-order valence-electron chi connectivity index (χ3n) is 1.31. The van der Waals surface area contributed by atoms with Crippen molar-refractivity contribution in [3.63, 3.8) is 0 Å². The third kappa shape index (κ3) is 9.39. The van der Waals surface area contributed by atoms with E-state index in [4.69, 9.17) is 21.1 Å². The number of hydrogen-bond acceptors (Lipinski definition) is 4. The van der Waals surface area contributed by atoms with E-state index >= 15 is 0 Å². The summed E-state index contributed by atoms with van der Waals surface area (Å²) in [4.78, 5) is 21.9. The second-order valence-corrected chi connectivity index (χ2v) is 3.51. The van der Waals surface area contributed by atoms with E-state index in [-0.39, 0.29) is 19.3 Å². The largest absolute Gasteiger partial charge is 0.448 e. The Morgan fingerprint density at radius 3 is 2.38 bits per heavy atom. The van der Waals surface area contributed by atoms with Crippen molar-refractivity contribution in [1.29, 1.82) is 0 Å². The fourth-order valence-electron chi connectivity index (χ4n) is 0.753. The molecular formula is C9H17ClN2O4. The van der Waals surface area contributed by atoms with Gasteiger partial charge < -0.3 is 20.1 Å². The average molecular weight is 253 g/mol. The van der Waals surface area contributed by atoms with Gasteiger partial charge in [-0.05, 0) is 13.8 Å². The van der Waals surface area contributed by atoms with Gasteiger partial charge in [-0.3, -0.25) is 0 Å². The molecule has 7 heteroatoms. The van der Waals surface area contributed by atoms with Gasteiger partial charge in [-0.2, -0.15) is 0 Å². The monoisotopic (exact) mass is 252 g/mol. The molecule has 0 aliphatic heterocycles. The van der Waals surface area contributed by atoms with Gasteiger partial charge in [0.1, 0.15) is 6.61 Å². The molecule has 2 amide bonds. The lowest BCUT2D eigenvalue weighted by molar-refractivity contribution is 0.110. The van der Waals surface area contributed by atoms with Gasteiger partial charge in [0.25, 0.3) is 0 Å². The highest BCUT2D eigenvalue weighted by molar-refractivity contribution is 6.18. The van der Waals surface area contributed by atoms with E-state index in [0.29, 0.717) is 12.4 Å². The molecule has 16 heavy (non-hydrogen) atoms. The molecule has 0 saturated heterocycles. The molecular weight excluding hydrogens is 236 g/mol. The van der Waals surface area contributed by atoms with E-state index in [9.17, 15) is 9.59 Å². The minimum absolute atomic E-state index is 0.0846. The summed E-state index contributed by atoms with van der Waals surface area (Å²) in [7, 11) is 0. The number of amides is 2. The van der Waals surface area contributed by atoms with Crippen LogP contribution in [0.2, 0.25) is 0 Å². The van der Waals surface area contributed by atoms with Crippen LogP contribution in [0.5, 0.6) is 0 Å². The third-order valence-corrected chi connectivity index (χ3v) is 1.50. The number of carbonyl (C=O) groups is 2. The first-order valence-corrected chi connectivity index (χ1v) is 5.50. The number of halogens is 1. The predicted octanol–water partition coefficient (Wildman–Crippen LogP) is 1.09. The lowest BCUT2D eigenvalue weighted by atomic mass is 10.5. The van der Waals surface area contributed by atoms with Crippen molar-refractivity contribution in [3.05, 3.63) is 0 Å². The average Bonchev–Trinajstić information content (AvgIpc) is 2.20. The Hall–Kier alpha value is -1.17. The van der Waals surface area contributed by atoms with Gasteiger partial charge in [-0.1, -0.05) is 0 Å². The summed E-state index contributed by atoms with van der Waals surface area (Å²) in [6.07, 6.45) is -1.26. The number of alkyl carbamates (subject to hydrolysis) is 2. The van der Waals surface area contributed by atoms with Crippen LogP contribution in [0.1, 0.15) is 13.8 Å². The van der Waals surface area contributed by atoms with Gasteiger partial charge in [-0.25, -0.2) is 9.59 Å². The zero-order valence-corrected chi connectivity index (χ0v) is 10.2. The predicted molar refractivity (Wildman–Crippen MR) is 59.7 cm³/mol. The maximum atomic E-state index is 11.0. The molecule has 0 atom stereocenters. The number of nitrogens with one attached hydrogen (secondary N) is 2. The second kappa shape index (κ2) is 9.08. The SMILES string of the molecule is CC(C)OC(=O)NCCOC(=O)NCCCl. The molecule has 0 bridgehead atoms. The maximum absolute atomic E-state index is 11.0. The van der Waals surface area contributed by atoms with Crippen LogP contribution in [0.25, 0.3) is 0 Å². The van der Waals surface area contributed by atoms with E-state index in [1.54, 1.807) is 13.8 Å². The van der Waals surface area contributed by atoms with Gasteiger partial charge in [0, 0.05) is 12.4 Å². The van der Waals surface area contributed by atoms with Crippen molar-refractivity contribution in [3.8, 4) is 0 Å². The summed E-state index contributed by atoms with van der Waals surface area (Å²) in [6.45, 7) is 4.13. The number of ether oxygens (including phenoxy) is 2. The molecule has 0 heterocycles. The van der Waals surface area contributed by atoms with Crippen LogP contribution in [0.15, 0.2) is 0 Å². The molecule has 6 nitrogen and oxygen atoms in total. The molecule has 0 fully saturated rings. The van der Waals surface area contributed by atoms with Gasteiger partial charge in [0.05, 0.1) is 12.6 Å². The second-order valence-electron chi connectivity index (χ2n) is 3.13.